The summed E-state index contributed by atoms with van der Waals surface area (Å²) < 4.78 is 0. The number of piperidine rings is 1. The molecule has 1 saturated heterocycles. The molecule has 1 aliphatic rings. The normalized spacial score (nSPS) is 22.9. The van der Waals surface area contributed by atoms with Gasteiger partial charge in [-0.25, -0.2) is 4.98 Å². The van der Waals surface area contributed by atoms with Crippen LogP contribution in [-0.4, -0.2) is 34.5 Å². The van der Waals surface area contributed by atoms with E-state index in [1.54, 1.807) is 6.20 Å². The Morgan fingerprint density at radius 2 is 2.45 bits per heavy atom. The number of hydrogen-bond acceptors (Lipinski definition) is 3. The molecule has 1 fully saturated rings. The van der Waals surface area contributed by atoms with E-state index in [-0.39, 0.29) is 5.91 Å². The van der Waals surface area contributed by atoms with Crippen LogP contribution in [0.25, 0.3) is 11.0 Å². The molecule has 3 heterocycles. The maximum atomic E-state index is 12.2. The maximum Gasteiger partial charge on any atom is 0.224 e. The summed E-state index contributed by atoms with van der Waals surface area (Å²) in [6.07, 6.45) is 6.04. The highest BCUT2D eigenvalue weighted by atomic mass is 16.1. The van der Waals surface area contributed by atoms with Crippen LogP contribution >= 0.6 is 0 Å². The third kappa shape index (κ3) is 2.82. The average molecular weight is 272 g/mol. The molecule has 2 aromatic heterocycles. The molecule has 106 valence electrons. The van der Waals surface area contributed by atoms with Crippen LogP contribution in [0.2, 0.25) is 0 Å². The fourth-order valence-electron chi connectivity index (χ4n) is 2.87. The van der Waals surface area contributed by atoms with Crippen molar-refractivity contribution in [1.29, 1.82) is 0 Å². The van der Waals surface area contributed by atoms with Crippen LogP contribution in [0.1, 0.15) is 25.3 Å². The molecule has 1 aliphatic heterocycles. The number of nitrogens with one attached hydrogen (secondary N) is 3. The summed E-state index contributed by atoms with van der Waals surface area (Å²) in [6.45, 7) is 3.13. The second-order valence-corrected chi connectivity index (χ2v) is 5.53. The van der Waals surface area contributed by atoms with E-state index >= 15 is 0 Å². The average Bonchev–Trinajstić information content (AvgIpc) is 2.82. The third-order valence-corrected chi connectivity index (χ3v) is 3.88. The van der Waals surface area contributed by atoms with Gasteiger partial charge in [-0.2, -0.15) is 0 Å². The Balaban J connectivity index is 1.64. The lowest BCUT2D eigenvalue weighted by Gasteiger charge is -2.28. The molecule has 2 aromatic rings. The summed E-state index contributed by atoms with van der Waals surface area (Å²) in [5.74, 6) is 0.0915. The number of amides is 1. The van der Waals surface area contributed by atoms with Gasteiger partial charge in [-0.05, 0) is 44.0 Å². The molecule has 0 aliphatic carbocycles. The fourth-order valence-corrected chi connectivity index (χ4v) is 2.87. The van der Waals surface area contributed by atoms with Gasteiger partial charge < -0.3 is 15.6 Å². The zero-order chi connectivity index (χ0) is 13.9. The van der Waals surface area contributed by atoms with Crippen molar-refractivity contribution in [1.82, 2.24) is 20.6 Å². The van der Waals surface area contributed by atoms with E-state index in [1.165, 1.54) is 0 Å². The van der Waals surface area contributed by atoms with Crippen molar-refractivity contribution in [2.45, 2.75) is 38.3 Å². The minimum absolute atomic E-state index is 0.0915. The molecule has 0 radical (unpaired) electrons. The van der Waals surface area contributed by atoms with E-state index in [0.717, 1.165) is 36.0 Å². The summed E-state index contributed by atoms with van der Waals surface area (Å²) in [5, 5.41) is 7.56. The predicted molar refractivity (Wildman–Crippen MR) is 78.4 cm³/mol. The third-order valence-electron chi connectivity index (χ3n) is 3.88. The number of fused-ring (bicyclic) bond motifs is 1. The van der Waals surface area contributed by atoms with Crippen molar-refractivity contribution in [3.63, 3.8) is 0 Å². The minimum atomic E-state index is 0.0915. The second kappa shape index (κ2) is 5.63. The van der Waals surface area contributed by atoms with Crippen molar-refractivity contribution in [3.05, 3.63) is 30.1 Å². The van der Waals surface area contributed by atoms with Crippen LogP contribution in [0.4, 0.5) is 0 Å². The first-order chi connectivity index (χ1) is 9.72. The number of H-pyrrole nitrogens is 1. The summed E-state index contributed by atoms with van der Waals surface area (Å²) in [7, 11) is 0. The van der Waals surface area contributed by atoms with Crippen LogP contribution < -0.4 is 10.6 Å². The Kier molecular flexibility index (Phi) is 3.69. The number of pyridine rings is 1. The number of carbonyl (C=O) groups is 1. The topological polar surface area (TPSA) is 69.8 Å². The number of hydrogen-bond donors (Lipinski definition) is 3. The Bertz CT molecular complexity index is 607. The largest absolute Gasteiger partial charge is 0.353 e. The van der Waals surface area contributed by atoms with Gasteiger partial charge in [0.2, 0.25) is 5.91 Å². The molecule has 0 bridgehead atoms. The van der Waals surface area contributed by atoms with Crippen LogP contribution in [-0.2, 0) is 11.2 Å². The van der Waals surface area contributed by atoms with Gasteiger partial charge >= 0.3 is 0 Å². The highest BCUT2D eigenvalue weighted by Gasteiger charge is 2.20. The van der Waals surface area contributed by atoms with Gasteiger partial charge in [-0.3, -0.25) is 4.79 Å². The van der Waals surface area contributed by atoms with Crippen molar-refractivity contribution >= 4 is 16.9 Å². The van der Waals surface area contributed by atoms with E-state index in [9.17, 15) is 4.79 Å². The molecule has 0 saturated carbocycles. The summed E-state index contributed by atoms with van der Waals surface area (Å²) in [4.78, 5) is 19.5. The molecule has 5 nitrogen and oxygen atoms in total. The van der Waals surface area contributed by atoms with Gasteiger partial charge in [0, 0.05) is 29.9 Å². The van der Waals surface area contributed by atoms with Gasteiger partial charge in [0.1, 0.15) is 5.65 Å². The summed E-state index contributed by atoms with van der Waals surface area (Å²) in [5.41, 5.74) is 1.85. The lowest BCUT2D eigenvalue weighted by Crippen LogP contribution is -2.46. The van der Waals surface area contributed by atoms with Crippen molar-refractivity contribution in [2.75, 3.05) is 6.54 Å². The first kappa shape index (κ1) is 13.1. The van der Waals surface area contributed by atoms with E-state index in [4.69, 9.17) is 0 Å². The predicted octanol–water partition coefficient (Wildman–Crippen LogP) is 1.36. The number of nitrogens with zero attached hydrogens (tertiary/aromatic N) is 1. The standard InChI is InChI=1S/C15H20N4O/c1-10-7-12(4-6-16-10)19-14(20)8-11-9-18-15-13(11)3-2-5-17-15/h2-3,5,9-10,12,16H,4,6-8H2,1H3,(H,17,18)(H,19,20). The SMILES string of the molecule is CC1CC(NC(=O)Cc2c[nH]c3ncccc23)CCN1. The highest BCUT2D eigenvalue weighted by Crippen LogP contribution is 2.16. The molecule has 0 aromatic carbocycles. The monoisotopic (exact) mass is 272 g/mol. The fraction of sp³-hybridized carbons (Fsp3) is 0.467. The smallest absolute Gasteiger partial charge is 0.224 e. The minimum Gasteiger partial charge on any atom is -0.353 e. The van der Waals surface area contributed by atoms with Gasteiger partial charge in [-0.15, -0.1) is 0 Å². The van der Waals surface area contributed by atoms with Crippen LogP contribution in [0.5, 0.6) is 0 Å². The van der Waals surface area contributed by atoms with Crippen molar-refractivity contribution in [3.8, 4) is 0 Å². The summed E-state index contributed by atoms with van der Waals surface area (Å²) in [6, 6.07) is 4.66. The Hall–Kier alpha value is -1.88. The van der Waals surface area contributed by atoms with Gasteiger partial charge in [0.05, 0.1) is 6.42 Å². The first-order valence-corrected chi connectivity index (χ1v) is 7.16. The molecule has 3 rings (SSSR count). The number of carbonyl (C=O) groups excluding carboxylic acids is 1. The van der Waals surface area contributed by atoms with Crippen LogP contribution in [0.3, 0.4) is 0 Å². The maximum absolute atomic E-state index is 12.2. The molecule has 1 amide bonds. The lowest BCUT2D eigenvalue weighted by molar-refractivity contribution is -0.121. The zero-order valence-electron chi connectivity index (χ0n) is 11.6. The molecule has 2 atom stereocenters. The van der Waals surface area contributed by atoms with E-state index in [1.807, 2.05) is 18.3 Å². The van der Waals surface area contributed by atoms with E-state index < -0.39 is 0 Å². The van der Waals surface area contributed by atoms with E-state index in [2.05, 4.69) is 27.5 Å². The lowest BCUT2D eigenvalue weighted by atomic mass is 10.0. The Morgan fingerprint density at radius 3 is 3.30 bits per heavy atom. The van der Waals surface area contributed by atoms with Gasteiger partial charge in [0.15, 0.2) is 0 Å². The van der Waals surface area contributed by atoms with Crippen molar-refractivity contribution in [2.24, 2.45) is 0 Å². The quantitative estimate of drug-likeness (QED) is 0.790. The molecular weight excluding hydrogens is 252 g/mol. The summed E-state index contributed by atoms with van der Waals surface area (Å²) >= 11 is 0. The first-order valence-electron chi connectivity index (χ1n) is 7.16. The van der Waals surface area contributed by atoms with E-state index in [0.29, 0.717) is 18.5 Å². The molecule has 3 N–H and O–H groups in total. The van der Waals surface area contributed by atoms with Crippen LogP contribution in [0.15, 0.2) is 24.5 Å². The number of aromatic amines is 1. The highest BCUT2D eigenvalue weighted by molar-refractivity contribution is 5.87. The number of rotatable bonds is 3. The Labute approximate surface area is 118 Å². The van der Waals surface area contributed by atoms with Gasteiger partial charge in [-0.1, -0.05) is 0 Å². The molecule has 20 heavy (non-hydrogen) atoms. The molecule has 2 unspecified atom stereocenters. The molecule has 0 spiro atoms. The van der Waals surface area contributed by atoms with Crippen LogP contribution in [0, 0.1) is 0 Å². The molecule has 5 heteroatoms. The second-order valence-electron chi connectivity index (χ2n) is 5.53. The molecular formula is C15H20N4O. The van der Waals surface area contributed by atoms with Crippen molar-refractivity contribution < 1.29 is 4.79 Å². The van der Waals surface area contributed by atoms with Gasteiger partial charge in [0.25, 0.3) is 0 Å². The Morgan fingerprint density at radius 1 is 1.55 bits per heavy atom. The number of aromatic nitrogens is 2. The zero-order valence-corrected chi connectivity index (χ0v) is 11.6.